The fourth-order valence-electron chi connectivity index (χ4n) is 1.88. The Hall–Kier alpha value is -0.0100. The lowest BCUT2D eigenvalue weighted by Gasteiger charge is -2.05. The number of hydrogen-bond donors (Lipinski definition) is 0. The normalized spacial score (nSPS) is 36.2. The van der Waals surface area contributed by atoms with E-state index in [1.54, 1.807) is 0 Å². The van der Waals surface area contributed by atoms with Gasteiger partial charge in [-0.15, -0.1) is 14.5 Å². The number of rotatable bonds is 2. The predicted molar refractivity (Wildman–Crippen MR) is 57.9 cm³/mol. The van der Waals surface area contributed by atoms with E-state index >= 15 is 0 Å². The Morgan fingerprint density at radius 2 is 1.92 bits per heavy atom. The molecule has 0 heterocycles. The maximum atomic E-state index is 3.40. The van der Waals surface area contributed by atoms with Crippen molar-refractivity contribution in [3.05, 3.63) is 0 Å². The van der Waals surface area contributed by atoms with Gasteiger partial charge in [0.25, 0.3) is 0 Å². The summed E-state index contributed by atoms with van der Waals surface area (Å²) in [6.45, 7) is 9.13. The molecule has 1 saturated carbocycles. The average molecular weight is 182 g/mol. The second-order valence-electron chi connectivity index (χ2n) is 3.74. The summed E-state index contributed by atoms with van der Waals surface area (Å²) in [6, 6.07) is 0. The first-order valence-corrected chi connectivity index (χ1v) is 6.45. The molecule has 1 rings (SSSR count). The van der Waals surface area contributed by atoms with Crippen molar-refractivity contribution in [1.82, 2.24) is 0 Å². The summed E-state index contributed by atoms with van der Waals surface area (Å²) in [5, 5.41) is 0. The highest BCUT2D eigenvalue weighted by Gasteiger charge is 2.46. The van der Waals surface area contributed by atoms with Crippen LogP contribution in [0.4, 0.5) is 0 Å². The third-order valence-electron chi connectivity index (χ3n) is 3.03. The van der Waals surface area contributed by atoms with Gasteiger partial charge < -0.3 is 0 Å². The van der Waals surface area contributed by atoms with Crippen molar-refractivity contribution in [2.24, 2.45) is 17.8 Å². The van der Waals surface area contributed by atoms with Gasteiger partial charge >= 0.3 is 0 Å². The van der Waals surface area contributed by atoms with Gasteiger partial charge in [0.15, 0.2) is 0 Å². The topological polar surface area (TPSA) is 0 Å². The Labute approximate surface area is 78.3 Å². The molecular weight excluding hydrogens is 163 g/mol. The van der Waals surface area contributed by atoms with Gasteiger partial charge in [-0.2, -0.15) is 0 Å². The summed E-state index contributed by atoms with van der Waals surface area (Å²) < 4.78 is 0. The maximum Gasteiger partial charge on any atom is 0.0404 e. The average Bonchev–Trinajstić information content (AvgIpc) is 2.64. The van der Waals surface area contributed by atoms with Crippen LogP contribution in [0.15, 0.2) is 0 Å². The van der Waals surface area contributed by atoms with E-state index in [0.717, 1.165) is 32.8 Å². The summed E-state index contributed by atoms with van der Waals surface area (Å²) in [5.41, 5.74) is 0.704. The van der Waals surface area contributed by atoms with Gasteiger partial charge in [-0.05, 0) is 24.4 Å². The first-order valence-electron chi connectivity index (χ1n) is 4.88. The highest BCUT2D eigenvalue weighted by Crippen LogP contribution is 2.51. The second kappa shape index (κ2) is 4.29. The molecule has 4 atom stereocenters. The molecule has 0 N–H and O–H groups in total. The summed E-state index contributed by atoms with van der Waals surface area (Å²) >= 11 is 0. The molecule has 0 aliphatic heterocycles. The van der Waals surface area contributed by atoms with Gasteiger partial charge in [-0.25, -0.2) is 0 Å². The molecule has 1 aliphatic rings. The van der Waals surface area contributed by atoms with Gasteiger partial charge in [0.2, 0.25) is 0 Å². The molecule has 0 saturated heterocycles. The Kier molecular flexibility index (Phi) is 3.60. The van der Waals surface area contributed by atoms with E-state index in [4.69, 9.17) is 0 Å². The van der Waals surface area contributed by atoms with E-state index in [0.29, 0.717) is 5.66 Å². The van der Waals surface area contributed by atoms with Gasteiger partial charge in [0.05, 0.1) is 0 Å². The van der Waals surface area contributed by atoms with Crippen LogP contribution in [0, 0.1) is 29.6 Å². The zero-order valence-electron chi connectivity index (χ0n) is 8.52. The van der Waals surface area contributed by atoms with Crippen molar-refractivity contribution in [3.8, 4) is 11.8 Å². The molecule has 0 bridgehead atoms. The van der Waals surface area contributed by atoms with Crippen molar-refractivity contribution < 1.29 is 0 Å². The van der Waals surface area contributed by atoms with Crippen LogP contribution in [-0.2, 0) is 0 Å². The van der Waals surface area contributed by atoms with Crippen LogP contribution in [0.3, 0.4) is 0 Å². The molecule has 0 nitrogen and oxygen atoms in total. The highest BCUT2D eigenvalue weighted by atomic mass is 31.1. The third kappa shape index (κ3) is 2.02. The fraction of sp³-hybridized carbons (Fsp3) is 0.818. The maximum absolute atomic E-state index is 3.40. The van der Waals surface area contributed by atoms with E-state index in [-0.39, 0.29) is 0 Å². The molecule has 0 aromatic heterocycles. The van der Waals surface area contributed by atoms with E-state index in [2.05, 4.69) is 39.3 Å². The van der Waals surface area contributed by atoms with Crippen LogP contribution in [0.5, 0.6) is 0 Å². The van der Waals surface area contributed by atoms with E-state index in [1.165, 1.54) is 0 Å². The number of hydrogen-bond acceptors (Lipinski definition) is 0. The Balaban J connectivity index is 2.47. The minimum Gasteiger partial charge on any atom is -0.109 e. The van der Waals surface area contributed by atoms with Crippen LogP contribution in [0.25, 0.3) is 0 Å². The molecule has 0 amide bonds. The molecule has 1 fully saturated rings. The van der Waals surface area contributed by atoms with Crippen LogP contribution in [0.1, 0.15) is 27.2 Å². The molecule has 68 valence electrons. The smallest absolute Gasteiger partial charge is 0.0404 e. The minimum absolute atomic E-state index is 0.704. The molecule has 0 spiro atoms. The largest absolute Gasteiger partial charge is 0.109 e. The van der Waals surface area contributed by atoms with Gasteiger partial charge in [-0.3, -0.25) is 0 Å². The lowest BCUT2D eigenvalue weighted by molar-refractivity contribution is 0.777. The summed E-state index contributed by atoms with van der Waals surface area (Å²) in [7, 11) is 1.000. The third-order valence-corrected chi connectivity index (χ3v) is 4.18. The summed E-state index contributed by atoms with van der Waals surface area (Å²) in [4.78, 5) is 0. The summed E-state index contributed by atoms with van der Waals surface area (Å²) in [6.07, 6.45) is 1.01. The van der Waals surface area contributed by atoms with Crippen molar-refractivity contribution in [1.29, 1.82) is 0 Å². The van der Waals surface area contributed by atoms with E-state index in [1.807, 2.05) is 0 Å². The zero-order valence-corrected chi connectivity index (χ0v) is 9.52. The van der Waals surface area contributed by atoms with Crippen molar-refractivity contribution >= 4 is 8.58 Å². The quantitative estimate of drug-likeness (QED) is 0.455. The Bertz CT molecular complexity index is 191. The van der Waals surface area contributed by atoms with Crippen LogP contribution in [0.2, 0.25) is 0 Å². The van der Waals surface area contributed by atoms with Crippen molar-refractivity contribution in [3.63, 3.8) is 0 Å². The molecule has 4 unspecified atom stereocenters. The van der Waals surface area contributed by atoms with Gasteiger partial charge in [0.1, 0.15) is 0 Å². The van der Waals surface area contributed by atoms with Crippen LogP contribution < -0.4 is 0 Å². The molecule has 0 aromatic rings. The van der Waals surface area contributed by atoms with Crippen molar-refractivity contribution in [2.45, 2.75) is 32.9 Å². The first kappa shape index (κ1) is 10.1. The fourth-order valence-corrected chi connectivity index (χ4v) is 3.12. The van der Waals surface area contributed by atoms with Gasteiger partial charge in [0, 0.05) is 12.1 Å². The van der Waals surface area contributed by atoms with E-state index < -0.39 is 0 Å². The molecule has 1 heteroatoms. The molecule has 0 aromatic carbocycles. The van der Waals surface area contributed by atoms with Crippen LogP contribution in [-0.4, -0.2) is 12.3 Å². The lowest BCUT2D eigenvalue weighted by atomic mass is 10.2. The molecule has 1 aliphatic carbocycles. The standard InChI is InChI=1S/C11H19P/c1-5-6-7-10(12-4)11-8(2)9(11)3/h8-12H,5H2,1-4H3. The first-order chi connectivity index (χ1) is 5.72. The summed E-state index contributed by atoms with van der Waals surface area (Å²) in [5.74, 6) is 9.38. The molecular formula is C11H19P. The van der Waals surface area contributed by atoms with E-state index in [9.17, 15) is 0 Å². The Morgan fingerprint density at radius 1 is 1.33 bits per heavy atom. The Morgan fingerprint density at radius 3 is 2.25 bits per heavy atom. The van der Waals surface area contributed by atoms with Crippen molar-refractivity contribution in [2.75, 3.05) is 6.66 Å². The molecule has 12 heavy (non-hydrogen) atoms. The zero-order chi connectivity index (χ0) is 9.14. The van der Waals surface area contributed by atoms with Gasteiger partial charge in [-0.1, -0.05) is 26.7 Å². The monoisotopic (exact) mass is 182 g/mol. The predicted octanol–water partition coefficient (Wildman–Crippen LogP) is 2.98. The second-order valence-corrected chi connectivity index (χ2v) is 4.94. The lowest BCUT2D eigenvalue weighted by Crippen LogP contribution is -2.01. The molecule has 0 radical (unpaired) electrons. The van der Waals surface area contributed by atoms with Crippen LogP contribution >= 0.6 is 8.58 Å². The minimum atomic E-state index is 0.704. The SMILES string of the molecule is CCC#CC(PC)C1C(C)C1C. The highest BCUT2D eigenvalue weighted by molar-refractivity contribution is 7.38.